The quantitative estimate of drug-likeness (QED) is 0.800. The van der Waals surface area contributed by atoms with E-state index < -0.39 is 0 Å². The van der Waals surface area contributed by atoms with E-state index in [1.807, 2.05) is 4.90 Å². The van der Waals surface area contributed by atoms with Crippen molar-refractivity contribution in [2.24, 2.45) is 5.92 Å². The minimum absolute atomic E-state index is 0.00835. The standard InChI is InChI=1S/C15H31N3O/c1-8-9-12-14(19)18(13(16-12)11(2)3)10-15(4,5)17(6)7/h11-13,16H,8-10H2,1-7H3. The lowest BCUT2D eigenvalue weighted by atomic mass is 10.0. The van der Waals surface area contributed by atoms with Gasteiger partial charge < -0.3 is 9.80 Å². The molecule has 4 heteroatoms. The van der Waals surface area contributed by atoms with Gasteiger partial charge in [-0.3, -0.25) is 10.1 Å². The van der Waals surface area contributed by atoms with Gasteiger partial charge in [-0.1, -0.05) is 27.2 Å². The Bertz CT molecular complexity index is 313. The van der Waals surface area contributed by atoms with Gasteiger partial charge in [0.05, 0.1) is 12.2 Å². The Labute approximate surface area is 118 Å². The minimum atomic E-state index is -0.00835. The molecule has 4 nitrogen and oxygen atoms in total. The molecule has 1 rings (SSSR count). The average Bonchev–Trinajstić information content (AvgIpc) is 2.58. The number of amides is 1. The van der Waals surface area contributed by atoms with Crippen LogP contribution in [0.5, 0.6) is 0 Å². The summed E-state index contributed by atoms with van der Waals surface area (Å²) in [6.45, 7) is 11.6. The molecule has 1 aliphatic heterocycles. The Morgan fingerprint density at radius 1 is 1.37 bits per heavy atom. The lowest BCUT2D eigenvalue weighted by Gasteiger charge is -2.39. The first-order chi connectivity index (χ1) is 8.70. The molecule has 1 fully saturated rings. The molecule has 0 spiro atoms. The number of likely N-dealkylation sites (N-methyl/N-ethyl adjacent to an activating group) is 1. The smallest absolute Gasteiger partial charge is 0.241 e. The Morgan fingerprint density at radius 3 is 2.37 bits per heavy atom. The molecular weight excluding hydrogens is 238 g/mol. The van der Waals surface area contributed by atoms with Crippen LogP contribution in [0.1, 0.15) is 47.5 Å². The summed E-state index contributed by atoms with van der Waals surface area (Å²) in [5.74, 6) is 0.708. The van der Waals surface area contributed by atoms with Gasteiger partial charge in [-0.05, 0) is 40.3 Å². The van der Waals surface area contributed by atoms with Crippen LogP contribution in [-0.4, -0.2) is 54.1 Å². The number of nitrogens with zero attached hydrogens (tertiary/aromatic N) is 2. The van der Waals surface area contributed by atoms with E-state index in [2.05, 4.69) is 58.9 Å². The first-order valence-corrected chi connectivity index (χ1v) is 7.44. The van der Waals surface area contributed by atoms with Gasteiger partial charge in [0, 0.05) is 12.1 Å². The van der Waals surface area contributed by atoms with Gasteiger partial charge in [0.25, 0.3) is 0 Å². The maximum atomic E-state index is 12.6. The van der Waals surface area contributed by atoms with Crippen molar-refractivity contribution in [3.05, 3.63) is 0 Å². The van der Waals surface area contributed by atoms with Gasteiger partial charge in [0.15, 0.2) is 0 Å². The zero-order valence-corrected chi connectivity index (χ0v) is 13.7. The molecular formula is C15H31N3O. The van der Waals surface area contributed by atoms with Gasteiger partial charge >= 0.3 is 0 Å². The van der Waals surface area contributed by atoms with E-state index in [4.69, 9.17) is 0 Å². The van der Waals surface area contributed by atoms with Crippen LogP contribution in [0.2, 0.25) is 0 Å². The highest BCUT2D eigenvalue weighted by Gasteiger charge is 2.42. The molecule has 0 saturated carbocycles. The van der Waals surface area contributed by atoms with Gasteiger partial charge in [-0.15, -0.1) is 0 Å². The Hall–Kier alpha value is -0.610. The molecule has 0 aliphatic carbocycles. The lowest BCUT2D eigenvalue weighted by Crippen LogP contribution is -2.53. The van der Waals surface area contributed by atoms with Crippen LogP contribution in [0.25, 0.3) is 0 Å². The van der Waals surface area contributed by atoms with Crippen molar-refractivity contribution >= 4 is 5.91 Å². The Kier molecular flexibility index (Phi) is 5.39. The molecule has 1 heterocycles. The van der Waals surface area contributed by atoms with E-state index in [1.54, 1.807) is 0 Å². The van der Waals surface area contributed by atoms with E-state index >= 15 is 0 Å². The van der Waals surface area contributed by atoms with E-state index in [-0.39, 0.29) is 23.7 Å². The van der Waals surface area contributed by atoms with Crippen LogP contribution >= 0.6 is 0 Å². The van der Waals surface area contributed by atoms with Crippen LogP contribution in [0, 0.1) is 5.92 Å². The highest BCUT2D eigenvalue weighted by atomic mass is 16.2. The molecule has 2 atom stereocenters. The maximum Gasteiger partial charge on any atom is 0.241 e. The summed E-state index contributed by atoms with van der Waals surface area (Å²) in [5, 5.41) is 3.51. The molecule has 2 unspecified atom stereocenters. The second-order valence-corrected chi connectivity index (χ2v) is 6.87. The summed E-state index contributed by atoms with van der Waals surface area (Å²) in [5.41, 5.74) is -0.00835. The number of carbonyl (C=O) groups is 1. The normalized spacial score (nSPS) is 24.9. The Balaban J connectivity index is 2.86. The zero-order valence-electron chi connectivity index (χ0n) is 13.7. The van der Waals surface area contributed by atoms with Gasteiger partial charge in [-0.2, -0.15) is 0 Å². The Morgan fingerprint density at radius 2 is 1.95 bits per heavy atom. The second kappa shape index (κ2) is 6.23. The fourth-order valence-electron chi connectivity index (χ4n) is 2.49. The van der Waals surface area contributed by atoms with Crippen molar-refractivity contribution in [3.63, 3.8) is 0 Å². The van der Waals surface area contributed by atoms with Gasteiger partial charge in [0.2, 0.25) is 5.91 Å². The number of rotatable bonds is 6. The van der Waals surface area contributed by atoms with Gasteiger partial charge in [-0.25, -0.2) is 0 Å². The van der Waals surface area contributed by atoms with Crippen molar-refractivity contribution in [3.8, 4) is 0 Å². The van der Waals surface area contributed by atoms with E-state index in [1.165, 1.54) is 0 Å². The zero-order chi connectivity index (χ0) is 14.8. The molecule has 1 saturated heterocycles. The van der Waals surface area contributed by atoms with E-state index in [0.29, 0.717) is 5.92 Å². The fourth-order valence-corrected chi connectivity index (χ4v) is 2.49. The summed E-state index contributed by atoms with van der Waals surface area (Å²) in [7, 11) is 4.14. The minimum Gasteiger partial charge on any atom is -0.324 e. The molecule has 19 heavy (non-hydrogen) atoms. The summed E-state index contributed by atoms with van der Waals surface area (Å²) < 4.78 is 0. The third kappa shape index (κ3) is 3.69. The lowest BCUT2D eigenvalue weighted by molar-refractivity contribution is -0.132. The first-order valence-electron chi connectivity index (χ1n) is 7.44. The predicted octanol–water partition coefficient (Wildman–Crippen LogP) is 1.91. The fraction of sp³-hybridized carbons (Fsp3) is 0.933. The third-order valence-corrected chi connectivity index (χ3v) is 4.27. The average molecular weight is 269 g/mol. The SMILES string of the molecule is CCCC1NC(C(C)C)N(CC(C)(C)N(C)C)C1=O. The molecule has 0 aromatic rings. The topological polar surface area (TPSA) is 35.6 Å². The number of hydrogen-bond acceptors (Lipinski definition) is 3. The van der Waals surface area contributed by atoms with Crippen LogP contribution in [0.4, 0.5) is 0 Å². The predicted molar refractivity (Wildman–Crippen MR) is 79.9 cm³/mol. The molecule has 112 valence electrons. The molecule has 1 amide bonds. The molecule has 1 aliphatic rings. The van der Waals surface area contributed by atoms with Crippen LogP contribution in [0.3, 0.4) is 0 Å². The number of carbonyl (C=O) groups excluding carboxylic acids is 1. The van der Waals surface area contributed by atoms with Crippen molar-refractivity contribution in [2.75, 3.05) is 20.6 Å². The molecule has 1 N–H and O–H groups in total. The molecule has 0 radical (unpaired) electrons. The van der Waals surface area contributed by atoms with Crippen molar-refractivity contribution in [1.82, 2.24) is 15.1 Å². The van der Waals surface area contributed by atoms with E-state index in [0.717, 1.165) is 19.4 Å². The first kappa shape index (κ1) is 16.4. The van der Waals surface area contributed by atoms with Crippen molar-refractivity contribution in [2.45, 2.75) is 65.2 Å². The largest absolute Gasteiger partial charge is 0.324 e. The summed E-state index contributed by atoms with van der Waals surface area (Å²) in [4.78, 5) is 16.8. The second-order valence-electron chi connectivity index (χ2n) is 6.87. The third-order valence-electron chi connectivity index (χ3n) is 4.27. The number of nitrogens with one attached hydrogen (secondary N) is 1. The molecule has 0 aromatic carbocycles. The maximum absolute atomic E-state index is 12.6. The van der Waals surface area contributed by atoms with E-state index in [9.17, 15) is 4.79 Å². The highest BCUT2D eigenvalue weighted by molar-refractivity contribution is 5.84. The van der Waals surface area contributed by atoms with Crippen LogP contribution in [-0.2, 0) is 4.79 Å². The molecule has 0 aromatic heterocycles. The van der Waals surface area contributed by atoms with Crippen LogP contribution < -0.4 is 5.32 Å². The van der Waals surface area contributed by atoms with Crippen LogP contribution in [0.15, 0.2) is 0 Å². The monoisotopic (exact) mass is 269 g/mol. The summed E-state index contributed by atoms with van der Waals surface area (Å²) in [6, 6.07) is 0.00959. The number of hydrogen-bond donors (Lipinski definition) is 1. The van der Waals surface area contributed by atoms with Crippen molar-refractivity contribution < 1.29 is 4.79 Å². The highest BCUT2D eigenvalue weighted by Crippen LogP contribution is 2.24. The summed E-state index contributed by atoms with van der Waals surface area (Å²) >= 11 is 0. The van der Waals surface area contributed by atoms with Gasteiger partial charge in [0.1, 0.15) is 0 Å². The van der Waals surface area contributed by atoms with Crippen molar-refractivity contribution in [1.29, 1.82) is 0 Å². The molecule has 0 bridgehead atoms. The summed E-state index contributed by atoms with van der Waals surface area (Å²) in [6.07, 6.45) is 2.14.